The third kappa shape index (κ3) is 2.90. The standard InChI is InChI=1S/C15H23N3OS/c1-12-13-4-10-20-14(13)3-8-18(12)11-15(19)17-7-2-5-16-6-9-17/h4,10,12,16H,2-3,5-9,11H2,1H3. The number of thiophene rings is 1. The van der Waals surface area contributed by atoms with Gasteiger partial charge in [0.1, 0.15) is 0 Å². The van der Waals surface area contributed by atoms with Gasteiger partial charge in [0.05, 0.1) is 6.54 Å². The van der Waals surface area contributed by atoms with Crippen LogP contribution in [0.3, 0.4) is 0 Å². The van der Waals surface area contributed by atoms with E-state index < -0.39 is 0 Å². The van der Waals surface area contributed by atoms with Crippen LogP contribution in [0.25, 0.3) is 0 Å². The monoisotopic (exact) mass is 293 g/mol. The van der Waals surface area contributed by atoms with E-state index in [1.54, 1.807) is 0 Å². The van der Waals surface area contributed by atoms with Gasteiger partial charge in [-0.05, 0) is 43.3 Å². The molecule has 1 N–H and O–H groups in total. The lowest BCUT2D eigenvalue weighted by Crippen LogP contribution is -2.44. The normalized spacial score (nSPS) is 24.2. The van der Waals surface area contributed by atoms with Crippen LogP contribution < -0.4 is 5.32 Å². The average molecular weight is 293 g/mol. The summed E-state index contributed by atoms with van der Waals surface area (Å²) in [6.45, 7) is 7.51. The van der Waals surface area contributed by atoms with Crippen LogP contribution in [-0.2, 0) is 11.2 Å². The van der Waals surface area contributed by atoms with Crippen molar-refractivity contribution in [2.24, 2.45) is 0 Å². The van der Waals surface area contributed by atoms with Crippen molar-refractivity contribution in [1.82, 2.24) is 15.1 Å². The van der Waals surface area contributed by atoms with Crippen LogP contribution in [0, 0.1) is 0 Å². The lowest BCUT2D eigenvalue weighted by molar-refractivity contribution is -0.132. The Labute approximate surface area is 124 Å². The summed E-state index contributed by atoms with van der Waals surface area (Å²) in [5.74, 6) is 0.291. The first-order valence-corrected chi connectivity index (χ1v) is 8.42. The molecule has 1 aromatic rings. The van der Waals surface area contributed by atoms with Crippen LogP contribution in [0.15, 0.2) is 11.4 Å². The minimum Gasteiger partial charge on any atom is -0.340 e. The van der Waals surface area contributed by atoms with Crippen LogP contribution in [0.2, 0.25) is 0 Å². The predicted molar refractivity (Wildman–Crippen MR) is 82.1 cm³/mol. The highest BCUT2D eigenvalue weighted by atomic mass is 32.1. The van der Waals surface area contributed by atoms with Gasteiger partial charge < -0.3 is 10.2 Å². The third-order valence-corrected chi connectivity index (χ3v) is 5.43. The second kappa shape index (κ2) is 6.24. The summed E-state index contributed by atoms with van der Waals surface area (Å²) in [6, 6.07) is 2.59. The van der Waals surface area contributed by atoms with Gasteiger partial charge in [-0.25, -0.2) is 0 Å². The van der Waals surface area contributed by atoms with Gasteiger partial charge in [-0.2, -0.15) is 0 Å². The number of carbonyl (C=O) groups is 1. The number of nitrogens with one attached hydrogen (secondary N) is 1. The number of hydrogen-bond donors (Lipinski definition) is 1. The number of amides is 1. The SMILES string of the molecule is CC1c2ccsc2CCN1CC(=O)N1CCCNCC1. The molecule has 1 fully saturated rings. The summed E-state index contributed by atoms with van der Waals surface area (Å²) in [6.07, 6.45) is 2.15. The van der Waals surface area contributed by atoms with E-state index >= 15 is 0 Å². The largest absolute Gasteiger partial charge is 0.340 e. The highest BCUT2D eigenvalue weighted by Crippen LogP contribution is 2.32. The lowest BCUT2D eigenvalue weighted by Gasteiger charge is -2.34. The number of rotatable bonds is 2. The Bertz CT molecular complexity index is 465. The summed E-state index contributed by atoms with van der Waals surface area (Å²) in [5, 5.41) is 5.52. The first kappa shape index (κ1) is 14.0. The lowest BCUT2D eigenvalue weighted by atomic mass is 10.0. The van der Waals surface area contributed by atoms with E-state index in [4.69, 9.17) is 0 Å². The molecule has 0 radical (unpaired) electrons. The smallest absolute Gasteiger partial charge is 0.236 e. The molecule has 2 aliphatic rings. The number of nitrogens with zero attached hydrogens (tertiary/aromatic N) is 2. The molecule has 1 aromatic heterocycles. The molecule has 1 atom stereocenters. The van der Waals surface area contributed by atoms with Crippen LogP contribution in [0.4, 0.5) is 0 Å². The molecule has 0 aromatic carbocycles. The molecule has 0 spiro atoms. The van der Waals surface area contributed by atoms with Gasteiger partial charge in [0.2, 0.25) is 5.91 Å². The zero-order valence-electron chi connectivity index (χ0n) is 12.1. The quantitative estimate of drug-likeness (QED) is 0.897. The Morgan fingerprint density at radius 3 is 3.20 bits per heavy atom. The minimum atomic E-state index is 0.291. The molecule has 5 heteroatoms. The van der Waals surface area contributed by atoms with Gasteiger partial charge in [0.15, 0.2) is 0 Å². The van der Waals surface area contributed by atoms with E-state index in [2.05, 4.69) is 28.6 Å². The summed E-state index contributed by atoms with van der Waals surface area (Å²) in [5.41, 5.74) is 1.42. The molecule has 1 unspecified atom stereocenters. The van der Waals surface area contributed by atoms with E-state index in [0.29, 0.717) is 18.5 Å². The molecule has 0 bridgehead atoms. The van der Waals surface area contributed by atoms with Gasteiger partial charge >= 0.3 is 0 Å². The maximum atomic E-state index is 12.5. The van der Waals surface area contributed by atoms with Crippen LogP contribution in [0.1, 0.15) is 29.8 Å². The molecule has 1 saturated heterocycles. The van der Waals surface area contributed by atoms with Gasteiger partial charge in [-0.3, -0.25) is 9.69 Å². The molecule has 1 amide bonds. The third-order valence-electron chi connectivity index (χ3n) is 4.43. The van der Waals surface area contributed by atoms with Crippen LogP contribution in [-0.4, -0.2) is 55.0 Å². The first-order chi connectivity index (χ1) is 9.75. The Morgan fingerprint density at radius 2 is 2.30 bits per heavy atom. The van der Waals surface area contributed by atoms with E-state index in [0.717, 1.165) is 45.6 Å². The summed E-state index contributed by atoms with van der Waals surface area (Å²) in [4.78, 5) is 18.3. The fourth-order valence-electron chi connectivity index (χ4n) is 3.15. The number of hydrogen-bond acceptors (Lipinski definition) is 4. The number of carbonyl (C=O) groups excluding carboxylic acids is 1. The maximum absolute atomic E-state index is 12.5. The summed E-state index contributed by atoms with van der Waals surface area (Å²) < 4.78 is 0. The fraction of sp³-hybridized carbons (Fsp3) is 0.667. The molecule has 0 saturated carbocycles. The van der Waals surface area contributed by atoms with Crippen molar-refractivity contribution in [3.8, 4) is 0 Å². The van der Waals surface area contributed by atoms with Gasteiger partial charge in [-0.1, -0.05) is 0 Å². The molecule has 3 heterocycles. The Hall–Kier alpha value is -0.910. The highest BCUT2D eigenvalue weighted by Gasteiger charge is 2.27. The van der Waals surface area contributed by atoms with Crippen molar-refractivity contribution in [2.75, 3.05) is 39.3 Å². The summed E-state index contributed by atoms with van der Waals surface area (Å²) >= 11 is 1.85. The predicted octanol–water partition coefficient (Wildman–Crippen LogP) is 1.49. The van der Waals surface area contributed by atoms with Crippen LogP contribution >= 0.6 is 11.3 Å². The van der Waals surface area contributed by atoms with E-state index in [1.807, 2.05) is 16.2 Å². The van der Waals surface area contributed by atoms with Crippen molar-refractivity contribution >= 4 is 17.2 Å². The van der Waals surface area contributed by atoms with E-state index in [-0.39, 0.29) is 0 Å². The number of fused-ring (bicyclic) bond motifs is 1. The van der Waals surface area contributed by atoms with Gasteiger partial charge in [0.25, 0.3) is 0 Å². The van der Waals surface area contributed by atoms with Gasteiger partial charge in [-0.15, -0.1) is 11.3 Å². The first-order valence-electron chi connectivity index (χ1n) is 7.54. The van der Waals surface area contributed by atoms with Crippen molar-refractivity contribution in [1.29, 1.82) is 0 Å². The molecule has 110 valence electrons. The zero-order chi connectivity index (χ0) is 13.9. The van der Waals surface area contributed by atoms with Crippen molar-refractivity contribution < 1.29 is 4.79 Å². The second-order valence-electron chi connectivity index (χ2n) is 5.68. The maximum Gasteiger partial charge on any atom is 0.236 e. The highest BCUT2D eigenvalue weighted by molar-refractivity contribution is 7.10. The Kier molecular flexibility index (Phi) is 4.38. The van der Waals surface area contributed by atoms with Crippen molar-refractivity contribution in [3.05, 3.63) is 21.9 Å². The van der Waals surface area contributed by atoms with E-state index in [9.17, 15) is 4.79 Å². The van der Waals surface area contributed by atoms with Gasteiger partial charge in [0, 0.05) is 37.1 Å². The fourth-order valence-corrected chi connectivity index (χ4v) is 4.11. The molecule has 2 aliphatic heterocycles. The Morgan fingerprint density at radius 1 is 1.40 bits per heavy atom. The molecular weight excluding hydrogens is 270 g/mol. The topological polar surface area (TPSA) is 35.6 Å². The molecule has 0 aliphatic carbocycles. The molecule has 3 rings (SSSR count). The Balaban J connectivity index is 1.61. The van der Waals surface area contributed by atoms with E-state index in [1.165, 1.54) is 10.4 Å². The molecule has 20 heavy (non-hydrogen) atoms. The second-order valence-corrected chi connectivity index (χ2v) is 6.68. The average Bonchev–Trinajstić information content (AvgIpc) is 2.76. The van der Waals surface area contributed by atoms with Crippen LogP contribution in [0.5, 0.6) is 0 Å². The van der Waals surface area contributed by atoms with Crippen molar-refractivity contribution in [3.63, 3.8) is 0 Å². The molecular formula is C15H23N3OS. The molecule has 4 nitrogen and oxygen atoms in total. The van der Waals surface area contributed by atoms with Crippen molar-refractivity contribution in [2.45, 2.75) is 25.8 Å². The summed E-state index contributed by atoms with van der Waals surface area (Å²) in [7, 11) is 0. The zero-order valence-corrected chi connectivity index (χ0v) is 12.9. The minimum absolute atomic E-state index is 0.291.